The lowest BCUT2D eigenvalue weighted by Gasteiger charge is -2.09. The maximum absolute atomic E-state index is 11.5. The second-order valence-corrected chi connectivity index (χ2v) is 5.58. The van der Waals surface area contributed by atoms with Crippen LogP contribution in [0.5, 0.6) is 0 Å². The third-order valence-electron chi connectivity index (χ3n) is 2.04. The highest BCUT2D eigenvalue weighted by Gasteiger charge is 2.12. The Morgan fingerprint density at radius 3 is 2.76 bits per heavy atom. The highest BCUT2D eigenvalue weighted by molar-refractivity contribution is 7.44. The summed E-state index contributed by atoms with van der Waals surface area (Å²) in [6, 6.07) is 1.86. The number of hydrogen-bond acceptors (Lipinski definition) is 5. The molecule has 17 heavy (non-hydrogen) atoms. The Bertz CT molecular complexity index is 288. The number of hydrogen-bond donors (Lipinski definition) is 0. The molecule has 0 fully saturated rings. The highest BCUT2D eigenvalue weighted by atomic mass is 31.1. The zero-order valence-electron chi connectivity index (χ0n) is 10.4. The lowest BCUT2D eigenvalue weighted by molar-refractivity contribution is -0.143. The fourth-order valence-corrected chi connectivity index (χ4v) is 2.25. The van der Waals surface area contributed by atoms with Gasteiger partial charge in [0.15, 0.2) is 6.10 Å². The predicted octanol–water partition coefficient (Wildman–Crippen LogP) is 2.17. The summed E-state index contributed by atoms with van der Waals surface area (Å²) in [5.74, 6) is -0.490. The highest BCUT2D eigenvalue weighted by Crippen LogP contribution is 2.22. The second kappa shape index (κ2) is 10.3. The van der Waals surface area contributed by atoms with E-state index < -0.39 is 19.9 Å². The van der Waals surface area contributed by atoms with Crippen molar-refractivity contribution < 1.29 is 18.8 Å². The Morgan fingerprint density at radius 1 is 1.53 bits per heavy atom. The van der Waals surface area contributed by atoms with Crippen LogP contribution in [0.2, 0.25) is 0 Å². The van der Waals surface area contributed by atoms with Gasteiger partial charge in [0.05, 0.1) is 6.35 Å². The van der Waals surface area contributed by atoms with Gasteiger partial charge in [0.1, 0.15) is 13.9 Å². The van der Waals surface area contributed by atoms with Crippen molar-refractivity contribution in [3.63, 3.8) is 0 Å². The smallest absolute Gasteiger partial charge is 0.303 e. The van der Waals surface area contributed by atoms with Gasteiger partial charge in [-0.2, -0.15) is 5.26 Å². The van der Waals surface area contributed by atoms with Crippen molar-refractivity contribution >= 4 is 13.8 Å². The monoisotopic (exact) mass is 261 g/mol. The molecular formula is C11H20NO4P. The zero-order valence-corrected chi connectivity index (χ0v) is 11.4. The quantitative estimate of drug-likeness (QED) is 0.361. The topological polar surface area (TPSA) is 76.4 Å². The molecule has 0 aliphatic rings. The summed E-state index contributed by atoms with van der Waals surface area (Å²) in [7, 11) is -1.82. The van der Waals surface area contributed by atoms with Crippen molar-refractivity contribution in [1.29, 1.82) is 5.26 Å². The van der Waals surface area contributed by atoms with Crippen molar-refractivity contribution in [2.75, 3.05) is 19.1 Å². The molecule has 0 aromatic heterocycles. The van der Waals surface area contributed by atoms with Gasteiger partial charge in [-0.25, -0.2) is 0 Å². The lowest BCUT2D eigenvalue weighted by Crippen LogP contribution is -2.15. The molecule has 0 rings (SSSR count). The van der Waals surface area contributed by atoms with Crippen LogP contribution >= 0.6 is 7.80 Å². The molecule has 0 N–H and O–H groups in total. The minimum atomic E-state index is -1.82. The Kier molecular flexibility index (Phi) is 9.80. The van der Waals surface area contributed by atoms with Gasteiger partial charge in [0.2, 0.25) is 0 Å². The fraction of sp³-hybridized carbons (Fsp3) is 0.818. The van der Waals surface area contributed by atoms with Crippen molar-refractivity contribution in [3.8, 4) is 6.07 Å². The molecule has 5 nitrogen and oxygen atoms in total. The summed E-state index contributed by atoms with van der Waals surface area (Å²) in [6.07, 6.45) is 2.15. The third kappa shape index (κ3) is 10.0. The first-order valence-electron chi connectivity index (χ1n) is 5.76. The van der Waals surface area contributed by atoms with Crippen molar-refractivity contribution in [1.82, 2.24) is 0 Å². The van der Waals surface area contributed by atoms with E-state index in [1.54, 1.807) is 0 Å². The summed E-state index contributed by atoms with van der Waals surface area (Å²) in [6.45, 7) is 3.93. The van der Waals surface area contributed by atoms with E-state index in [0.29, 0.717) is 19.2 Å². The maximum Gasteiger partial charge on any atom is 0.303 e. The minimum absolute atomic E-state index is 0.253. The largest absolute Gasteiger partial charge is 0.447 e. The number of ether oxygens (including phenoxy) is 2. The van der Waals surface area contributed by atoms with Crippen LogP contribution in [0.25, 0.3) is 0 Å². The third-order valence-corrected chi connectivity index (χ3v) is 3.42. The Labute approximate surface area is 103 Å². The van der Waals surface area contributed by atoms with Gasteiger partial charge in [-0.3, -0.25) is 4.79 Å². The van der Waals surface area contributed by atoms with Gasteiger partial charge >= 0.3 is 5.97 Å². The van der Waals surface area contributed by atoms with Crippen LogP contribution < -0.4 is 0 Å². The number of unbranched alkanes of at least 4 members (excludes halogenated alkanes) is 1. The van der Waals surface area contributed by atoms with E-state index in [-0.39, 0.29) is 6.35 Å². The summed E-state index contributed by atoms with van der Waals surface area (Å²) in [5, 5.41) is 8.68. The molecule has 0 radical (unpaired) electrons. The Morgan fingerprint density at radius 2 is 2.24 bits per heavy atom. The summed E-state index contributed by atoms with van der Waals surface area (Å²) >= 11 is 0. The normalized spacial score (nSPS) is 13.7. The van der Waals surface area contributed by atoms with Crippen LogP contribution in [0.15, 0.2) is 0 Å². The molecular weight excluding hydrogens is 241 g/mol. The van der Waals surface area contributed by atoms with Crippen LogP contribution in [0.4, 0.5) is 0 Å². The number of nitrogens with zero attached hydrogens (tertiary/aromatic N) is 1. The van der Waals surface area contributed by atoms with Crippen molar-refractivity contribution in [2.24, 2.45) is 0 Å². The van der Waals surface area contributed by atoms with Gasteiger partial charge in [0.25, 0.3) is 0 Å². The van der Waals surface area contributed by atoms with E-state index in [0.717, 1.165) is 12.8 Å². The second-order valence-electron chi connectivity index (χ2n) is 3.71. The van der Waals surface area contributed by atoms with Crippen LogP contribution in [-0.2, 0) is 18.8 Å². The molecule has 0 aliphatic carbocycles. The van der Waals surface area contributed by atoms with Gasteiger partial charge < -0.3 is 14.0 Å². The molecule has 0 aliphatic heterocycles. The average Bonchev–Trinajstić information content (AvgIpc) is 2.29. The number of rotatable bonds is 9. The number of nitriles is 1. The Hall–Kier alpha value is -0.850. The van der Waals surface area contributed by atoms with Crippen LogP contribution in [-0.4, -0.2) is 31.2 Å². The standard InChI is InChI=1S/C11H20NO4P/c1-3-4-6-15-9-17(14)7-5-11(8-12)16-10(2)13/h11,17H,3-7,9H2,1-2H3. The molecule has 0 spiro atoms. The predicted molar refractivity (Wildman–Crippen MR) is 65.4 cm³/mol. The van der Waals surface area contributed by atoms with E-state index in [9.17, 15) is 9.36 Å². The first kappa shape index (κ1) is 16.1. The molecule has 6 heteroatoms. The zero-order chi connectivity index (χ0) is 13.1. The summed E-state index contributed by atoms with van der Waals surface area (Å²) in [5.41, 5.74) is 0. The maximum atomic E-state index is 11.5. The number of carbonyl (C=O) groups excluding carboxylic acids is 1. The molecule has 2 atom stereocenters. The van der Waals surface area contributed by atoms with Crippen LogP contribution in [0.1, 0.15) is 33.1 Å². The van der Waals surface area contributed by atoms with E-state index >= 15 is 0 Å². The van der Waals surface area contributed by atoms with E-state index in [4.69, 9.17) is 14.7 Å². The van der Waals surface area contributed by atoms with E-state index in [1.807, 2.05) is 6.07 Å². The van der Waals surface area contributed by atoms with Gasteiger partial charge in [-0.05, 0) is 6.42 Å². The lowest BCUT2D eigenvalue weighted by atomic mass is 10.3. The van der Waals surface area contributed by atoms with Gasteiger partial charge in [-0.1, -0.05) is 13.3 Å². The molecule has 0 amide bonds. The first-order valence-corrected chi connectivity index (χ1v) is 7.58. The molecule has 0 saturated heterocycles. The molecule has 0 aromatic carbocycles. The van der Waals surface area contributed by atoms with Gasteiger partial charge in [-0.15, -0.1) is 0 Å². The summed E-state index contributed by atoms with van der Waals surface area (Å²) in [4.78, 5) is 10.6. The van der Waals surface area contributed by atoms with E-state index in [1.165, 1.54) is 6.92 Å². The van der Waals surface area contributed by atoms with Gasteiger partial charge in [0, 0.05) is 26.1 Å². The van der Waals surface area contributed by atoms with Crippen LogP contribution in [0.3, 0.4) is 0 Å². The summed E-state index contributed by atoms with van der Waals surface area (Å²) < 4.78 is 21.5. The fourth-order valence-electron chi connectivity index (χ4n) is 1.15. The Balaban J connectivity index is 3.67. The molecule has 2 unspecified atom stereocenters. The molecule has 0 aromatic rings. The average molecular weight is 261 g/mol. The molecule has 0 heterocycles. The molecule has 0 saturated carbocycles. The van der Waals surface area contributed by atoms with Crippen molar-refractivity contribution in [3.05, 3.63) is 0 Å². The number of esters is 1. The minimum Gasteiger partial charge on any atom is -0.447 e. The van der Waals surface area contributed by atoms with Crippen molar-refractivity contribution in [2.45, 2.75) is 39.2 Å². The molecule has 0 bridgehead atoms. The number of carbonyl (C=O) groups is 1. The first-order chi connectivity index (χ1) is 8.10. The van der Waals surface area contributed by atoms with Crippen LogP contribution in [0, 0.1) is 11.3 Å². The van der Waals surface area contributed by atoms with E-state index in [2.05, 4.69) is 6.92 Å². The SMILES string of the molecule is CCCCOC[PH](=O)CCC(C#N)OC(C)=O. The molecule has 98 valence electrons.